The van der Waals surface area contributed by atoms with Crippen LogP contribution in [0, 0.1) is 20.8 Å². The molecule has 0 saturated heterocycles. The Morgan fingerprint density at radius 2 is 1.74 bits per heavy atom. The molecule has 3 rings (SSSR count). The summed E-state index contributed by atoms with van der Waals surface area (Å²) >= 11 is 3.33. The highest BCUT2D eigenvalue weighted by atomic mass is 79.9. The van der Waals surface area contributed by atoms with Gasteiger partial charge in [-0.1, -0.05) is 24.3 Å². The first-order valence-corrected chi connectivity index (χ1v) is 11.6. The maximum Gasteiger partial charge on any atom is 0.264 e. The van der Waals surface area contributed by atoms with Gasteiger partial charge in [0.25, 0.3) is 15.9 Å². The van der Waals surface area contributed by atoms with Crippen molar-refractivity contribution in [3.8, 4) is 0 Å². The lowest BCUT2D eigenvalue weighted by molar-refractivity contribution is -0.119. The number of hydrogen-bond acceptors (Lipinski definition) is 5. The molecule has 0 aliphatic carbocycles. The number of benzene rings is 2. The number of sulfonamides is 1. The summed E-state index contributed by atoms with van der Waals surface area (Å²) in [5.74, 6) is 0.549. The predicted molar refractivity (Wildman–Crippen MR) is 124 cm³/mol. The van der Waals surface area contributed by atoms with Crippen LogP contribution in [0.3, 0.4) is 0 Å². The number of anilines is 1. The van der Waals surface area contributed by atoms with Gasteiger partial charge in [0, 0.05) is 6.07 Å². The van der Waals surface area contributed by atoms with Gasteiger partial charge >= 0.3 is 0 Å². The number of nitrogens with zero attached hydrogens (tertiary/aromatic N) is 2. The van der Waals surface area contributed by atoms with E-state index in [0.29, 0.717) is 17.2 Å². The molecular formula is C22H22BrN3O4S. The fourth-order valence-electron chi connectivity index (χ4n) is 3.01. The van der Waals surface area contributed by atoms with Crippen molar-refractivity contribution >= 4 is 43.8 Å². The van der Waals surface area contributed by atoms with Crippen LogP contribution in [0.25, 0.3) is 0 Å². The first-order chi connectivity index (χ1) is 14.7. The number of furan rings is 1. The van der Waals surface area contributed by atoms with Crippen LogP contribution < -0.4 is 9.73 Å². The summed E-state index contributed by atoms with van der Waals surface area (Å²) in [7, 11) is -3.97. The maximum absolute atomic E-state index is 13.3. The minimum Gasteiger partial charge on any atom is -0.459 e. The van der Waals surface area contributed by atoms with Crippen molar-refractivity contribution < 1.29 is 17.6 Å². The van der Waals surface area contributed by atoms with E-state index in [4.69, 9.17) is 4.42 Å². The Balaban J connectivity index is 1.87. The number of aryl methyl sites for hydroxylation is 3. The van der Waals surface area contributed by atoms with E-state index in [1.807, 2.05) is 19.9 Å². The molecule has 0 fully saturated rings. The summed E-state index contributed by atoms with van der Waals surface area (Å²) in [4.78, 5) is 12.7. The Morgan fingerprint density at radius 1 is 1.10 bits per heavy atom. The molecule has 1 aromatic heterocycles. The van der Waals surface area contributed by atoms with Crippen molar-refractivity contribution in [2.24, 2.45) is 5.10 Å². The summed E-state index contributed by atoms with van der Waals surface area (Å²) in [6.45, 7) is 5.10. The first kappa shape index (κ1) is 22.8. The third kappa shape index (κ3) is 5.62. The molecule has 9 heteroatoms. The second-order valence-electron chi connectivity index (χ2n) is 7.02. The third-order valence-corrected chi connectivity index (χ3v) is 6.95. The number of hydrazone groups is 1. The van der Waals surface area contributed by atoms with E-state index < -0.39 is 22.5 Å². The van der Waals surface area contributed by atoms with Gasteiger partial charge in [-0.3, -0.25) is 9.10 Å². The maximum atomic E-state index is 13.3. The number of hydrogen-bond donors (Lipinski definition) is 1. The highest BCUT2D eigenvalue weighted by Gasteiger charge is 2.27. The molecule has 1 amide bonds. The van der Waals surface area contributed by atoms with E-state index in [9.17, 15) is 13.2 Å². The highest BCUT2D eigenvalue weighted by Crippen LogP contribution is 2.25. The van der Waals surface area contributed by atoms with Crippen molar-refractivity contribution in [3.05, 3.63) is 81.7 Å². The van der Waals surface area contributed by atoms with Gasteiger partial charge in [0.2, 0.25) is 0 Å². The minimum atomic E-state index is -3.97. The number of rotatable bonds is 7. The summed E-state index contributed by atoms with van der Waals surface area (Å²) in [6.07, 6.45) is 1.35. The first-order valence-electron chi connectivity index (χ1n) is 9.41. The lowest BCUT2D eigenvalue weighted by Crippen LogP contribution is -2.39. The average molecular weight is 504 g/mol. The topological polar surface area (TPSA) is 92.0 Å². The van der Waals surface area contributed by atoms with Crippen LogP contribution >= 0.6 is 15.9 Å². The SMILES string of the molecule is Cc1cc(C)cc(N(CC(=O)N/N=C\c2cc(Br)c(C)o2)S(=O)(=O)c2ccccc2)c1. The Bertz CT molecular complexity index is 1180. The summed E-state index contributed by atoms with van der Waals surface area (Å²) < 4.78 is 33.9. The van der Waals surface area contributed by atoms with Gasteiger partial charge in [0.1, 0.15) is 18.1 Å². The van der Waals surface area contributed by atoms with E-state index in [2.05, 4.69) is 26.5 Å². The minimum absolute atomic E-state index is 0.0985. The van der Waals surface area contributed by atoms with Crippen LogP contribution in [-0.2, 0) is 14.8 Å². The van der Waals surface area contributed by atoms with E-state index in [1.54, 1.807) is 43.3 Å². The van der Waals surface area contributed by atoms with Crippen LogP contribution in [-0.4, -0.2) is 27.1 Å². The highest BCUT2D eigenvalue weighted by molar-refractivity contribution is 9.10. The molecule has 0 atom stereocenters. The molecule has 1 heterocycles. The number of carbonyl (C=O) groups is 1. The number of carbonyl (C=O) groups excluding carboxylic acids is 1. The molecule has 0 aliphatic rings. The fraction of sp³-hybridized carbons (Fsp3) is 0.182. The van der Waals surface area contributed by atoms with Crippen LogP contribution in [0.5, 0.6) is 0 Å². The molecule has 3 aromatic rings. The molecular weight excluding hydrogens is 482 g/mol. The van der Waals surface area contributed by atoms with Crippen molar-refractivity contribution in [1.82, 2.24) is 5.43 Å². The van der Waals surface area contributed by atoms with Crippen LogP contribution in [0.4, 0.5) is 5.69 Å². The van der Waals surface area contributed by atoms with Gasteiger partial charge in [-0.15, -0.1) is 0 Å². The molecule has 0 saturated carbocycles. The van der Waals surface area contributed by atoms with Gasteiger partial charge < -0.3 is 4.42 Å². The molecule has 1 N–H and O–H groups in total. The van der Waals surface area contributed by atoms with E-state index >= 15 is 0 Å². The largest absolute Gasteiger partial charge is 0.459 e. The molecule has 0 radical (unpaired) electrons. The standard InChI is InChI=1S/C22H22BrN3O4S/c1-15-9-16(2)11-18(10-15)26(31(28,29)20-7-5-4-6-8-20)14-22(27)25-24-13-19-12-21(23)17(3)30-19/h4-13H,14H2,1-3H3,(H,25,27)/b24-13-. The molecule has 0 aliphatic heterocycles. The Labute approximate surface area is 189 Å². The quantitative estimate of drug-likeness (QED) is 0.384. The van der Waals surface area contributed by atoms with Crippen LogP contribution in [0.1, 0.15) is 22.6 Å². The van der Waals surface area contributed by atoms with Crippen LogP contribution in [0.15, 0.2) is 73.5 Å². The fourth-order valence-corrected chi connectivity index (χ4v) is 4.74. The molecule has 162 valence electrons. The van der Waals surface area contributed by atoms with Gasteiger partial charge in [-0.2, -0.15) is 5.10 Å². The Morgan fingerprint density at radius 3 is 2.32 bits per heavy atom. The number of amides is 1. The normalized spacial score (nSPS) is 11.6. The van der Waals surface area contributed by atoms with Crippen molar-refractivity contribution in [1.29, 1.82) is 0 Å². The van der Waals surface area contributed by atoms with Crippen molar-refractivity contribution in [2.45, 2.75) is 25.7 Å². The summed E-state index contributed by atoms with van der Waals surface area (Å²) in [5, 5.41) is 3.87. The molecule has 31 heavy (non-hydrogen) atoms. The second kappa shape index (κ2) is 9.49. The van der Waals surface area contributed by atoms with Gasteiger partial charge in [0.15, 0.2) is 0 Å². The average Bonchev–Trinajstić information content (AvgIpc) is 3.03. The molecule has 0 bridgehead atoms. The lowest BCUT2D eigenvalue weighted by Gasteiger charge is -2.24. The zero-order chi connectivity index (χ0) is 22.6. The lowest BCUT2D eigenvalue weighted by atomic mass is 10.1. The second-order valence-corrected chi connectivity index (χ2v) is 9.73. The van der Waals surface area contributed by atoms with E-state index in [-0.39, 0.29) is 4.90 Å². The number of halogens is 1. The smallest absolute Gasteiger partial charge is 0.264 e. The van der Waals surface area contributed by atoms with Gasteiger partial charge in [-0.05, 0) is 72.1 Å². The summed E-state index contributed by atoms with van der Waals surface area (Å²) in [6, 6.07) is 15.1. The molecule has 0 unspecified atom stereocenters. The van der Waals surface area contributed by atoms with Crippen molar-refractivity contribution in [2.75, 3.05) is 10.8 Å². The molecule has 0 spiro atoms. The zero-order valence-electron chi connectivity index (χ0n) is 17.3. The van der Waals surface area contributed by atoms with Crippen molar-refractivity contribution in [3.63, 3.8) is 0 Å². The molecule has 7 nitrogen and oxygen atoms in total. The monoisotopic (exact) mass is 503 g/mol. The van der Waals surface area contributed by atoms with E-state index in [0.717, 1.165) is 19.9 Å². The van der Waals surface area contributed by atoms with Gasteiger partial charge in [-0.25, -0.2) is 13.8 Å². The Kier molecular flexibility index (Phi) is 6.97. The zero-order valence-corrected chi connectivity index (χ0v) is 19.7. The van der Waals surface area contributed by atoms with E-state index in [1.165, 1.54) is 18.3 Å². The number of nitrogens with one attached hydrogen (secondary N) is 1. The molecule has 2 aromatic carbocycles. The third-order valence-electron chi connectivity index (χ3n) is 4.37. The van der Waals surface area contributed by atoms with Crippen LogP contribution in [0.2, 0.25) is 0 Å². The predicted octanol–water partition coefficient (Wildman–Crippen LogP) is 4.31. The van der Waals surface area contributed by atoms with Gasteiger partial charge in [0.05, 0.1) is 21.3 Å². The Hall–Kier alpha value is -2.91. The summed E-state index contributed by atoms with van der Waals surface area (Å²) in [5.41, 5.74) is 4.55.